The standard InChI is InChI=1S/C11H16N2O2/c1-13(10-5-6-15-8-10)11-4-2-3-9(7-14)12-11/h2-4,10,14H,5-8H2,1H3. The number of hydrogen-bond donors (Lipinski definition) is 1. The van der Waals surface area contributed by atoms with Crippen LogP contribution in [0.5, 0.6) is 0 Å². The third kappa shape index (κ3) is 2.27. The van der Waals surface area contributed by atoms with E-state index in [0.717, 1.165) is 25.5 Å². The molecule has 1 aromatic heterocycles. The summed E-state index contributed by atoms with van der Waals surface area (Å²) >= 11 is 0. The first kappa shape index (κ1) is 10.4. The van der Waals surface area contributed by atoms with Crippen molar-refractivity contribution in [3.8, 4) is 0 Å². The fraction of sp³-hybridized carbons (Fsp3) is 0.545. The largest absolute Gasteiger partial charge is 0.390 e. The molecule has 15 heavy (non-hydrogen) atoms. The summed E-state index contributed by atoms with van der Waals surface area (Å²) in [6, 6.07) is 6.10. The summed E-state index contributed by atoms with van der Waals surface area (Å²) in [4.78, 5) is 6.47. The maximum atomic E-state index is 9.00. The molecule has 0 saturated carbocycles. The highest BCUT2D eigenvalue weighted by Crippen LogP contribution is 2.18. The van der Waals surface area contributed by atoms with Gasteiger partial charge in [0.05, 0.1) is 24.9 Å². The van der Waals surface area contributed by atoms with E-state index in [4.69, 9.17) is 9.84 Å². The summed E-state index contributed by atoms with van der Waals surface area (Å²) in [5, 5.41) is 9.00. The second-order valence-corrected chi connectivity index (χ2v) is 3.77. The minimum Gasteiger partial charge on any atom is -0.390 e. The molecule has 0 aliphatic carbocycles. The highest BCUT2D eigenvalue weighted by molar-refractivity contribution is 5.39. The molecule has 0 amide bonds. The van der Waals surface area contributed by atoms with E-state index < -0.39 is 0 Å². The van der Waals surface area contributed by atoms with Gasteiger partial charge in [0.2, 0.25) is 0 Å². The van der Waals surface area contributed by atoms with Crippen LogP contribution in [-0.4, -0.2) is 36.4 Å². The molecule has 2 rings (SSSR count). The van der Waals surface area contributed by atoms with Crippen LogP contribution in [0.25, 0.3) is 0 Å². The first-order valence-corrected chi connectivity index (χ1v) is 5.18. The van der Waals surface area contributed by atoms with Crippen LogP contribution in [0.4, 0.5) is 5.82 Å². The van der Waals surface area contributed by atoms with Gasteiger partial charge < -0.3 is 14.7 Å². The molecule has 0 aromatic carbocycles. The number of aromatic nitrogens is 1. The average Bonchev–Trinajstić information content (AvgIpc) is 2.81. The smallest absolute Gasteiger partial charge is 0.128 e. The van der Waals surface area contributed by atoms with Crippen LogP contribution < -0.4 is 4.90 Å². The van der Waals surface area contributed by atoms with E-state index in [0.29, 0.717) is 11.7 Å². The molecule has 1 atom stereocenters. The molecular formula is C11H16N2O2. The molecule has 0 radical (unpaired) electrons. The van der Waals surface area contributed by atoms with Gasteiger partial charge in [0, 0.05) is 13.7 Å². The summed E-state index contributed by atoms with van der Waals surface area (Å²) < 4.78 is 5.34. The number of nitrogens with zero attached hydrogens (tertiary/aromatic N) is 2. The molecule has 1 saturated heterocycles. The fourth-order valence-corrected chi connectivity index (χ4v) is 1.77. The monoisotopic (exact) mass is 208 g/mol. The van der Waals surface area contributed by atoms with E-state index in [-0.39, 0.29) is 6.61 Å². The minimum atomic E-state index is -0.0111. The molecule has 4 heteroatoms. The van der Waals surface area contributed by atoms with Gasteiger partial charge in [-0.05, 0) is 18.6 Å². The first-order chi connectivity index (χ1) is 7.31. The summed E-state index contributed by atoms with van der Waals surface area (Å²) in [5.41, 5.74) is 0.707. The molecule has 0 bridgehead atoms. The molecule has 1 aliphatic rings. The van der Waals surface area contributed by atoms with Gasteiger partial charge in [-0.2, -0.15) is 0 Å². The molecule has 0 spiro atoms. The van der Waals surface area contributed by atoms with Crippen LogP contribution in [0.15, 0.2) is 18.2 Å². The van der Waals surface area contributed by atoms with Gasteiger partial charge in [0.1, 0.15) is 5.82 Å². The topological polar surface area (TPSA) is 45.6 Å². The van der Waals surface area contributed by atoms with Crippen LogP contribution in [0.3, 0.4) is 0 Å². The molecule has 4 nitrogen and oxygen atoms in total. The van der Waals surface area contributed by atoms with Crippen molar-refractivity contribution in [1.29, 1.82) is 0 Å². The number of rotatable bonds is 3. The summed E-state index contributed by atoms with van der Waals surface area (Å²) in [7, 11) is 2.02. The van der Waals surface area contributed by atoms with Crippen molar-refractivity contribution in [2.45, 2.75) is 19.1 Å². The van der Waals surface area contributed by atoms with Gasteiger partial charge in [-0.3, -0.25) is 0 Å². The zero-order chi connectivity index (χ0) is 10.7. The van der Waals surface area contributed by atoms with Crippen molar-refractivity contribution in [2.75, 3.05) is 25.2 Å². The van der Waals surface area contributed by atoms with Crippen LogP contribution in [0.1, 0.15) is 12.1 Å². The van der Waals surface area contributed by atoms with Crippen molar-refractivity contribution in [2.24, 2.45) is 0 Å². The summed E-state index contributed by atoms with van der Waals surface area (Å²) in [5.74, 6) is 0.900. The number of hydrogen-bond acceptors (Lipinski definition) is 4. The van der Waals surface area contributed by atoms with Gasteiger partial charge in [0.25, 0.3) is 0 Å². The minimum absolute atomic E-state index is 0.0111. The maximum Gasteiger partial charge on any atom is 0.128 e. The van der Waals surface area contributed by atoms with Crippen LogP contribution >= 0.6 is 0 Å². The lowest BCUT2D eigenvalue weighted by Crippen LogP contribution is -2.32. The Morgan fingerprint density at radius 1 is 1.60 bits per heavy atom. The van der Waals surface area contributed by atoms with Gasteiger partial charge in [-0.25, -0.2) is 4.98 Å². The Labute approximate surface area is 89.5 Å². The quantitative estimate of drug-likeness (QED) is 0.798. The summed E-state index contributed by atoms with van der Waals surface area (Å²) in [6.07, 6.45) is 1.04. The Kier molecular flexibility index (Phi) is 3.18. The van der Waals surface area contributed by atoms with E-state index in [1.807, 2.05) is 25.2 Å². The Morgan fingerprint density at radius 3 is 3.13 bits per heavy atom. The molecule has 1 aliphatic heterocycles. The Balaban J connectivity index is 2.13. The van der Waals surface area contributed by atoms with E-state index in [1.54, 1.807) is 0 Å². The van der Waals surface area contributed by atoms with Crippen molar-refractivity contribution in [3.63, 3.8) is 0 Å². The van der Waals surface area contributed by atoms with E-state index >= 15 is 0 Å². The fourth-order valence-electron chi connectivity index (χ4n) is 1.77. The van der Waals surface area contributed by atoms with E-state index in [9.17, 15) is 0 Å². The number of aliphatic hydroxyl groups is 1. The third-order valence-electron chi connectivity index (χ3n) is 2.77. The number of ether oxygens (including phenoxy) is 1. The lowest BCUT2D eigenvalue weighted by Gasteiger charge is -2.24. The molecule has 1 fully saturated rings. The third-order valence-corrected chi connectivity index (χ3v) is 2.77. The molecule has 2 heterocycles. The van der Waals surface area contributed by atoms with Crippen LogP contribution in [-0.2, 0) is 11.3 Å². The lowest BCUT2D eigenvalue weighted by molar-refractivity contribution is 0.193. The predicted octanol–water partition coefficient (Wildman–Crippen LogP) is 0.799. The zero-order valence-corrected chi connectivity index (χ0v) is 8.89. The van der Waals surface area contributed by atoms with Gasteiger partial charge in [0.15, 0.2) is 0 Å². The van der Waals surface area contributed by atoms with Crippen molar-refractivity contribution >= 4 is 5.82 Å². The summed E-state index contributed by atoms with van der Waals surface area (Å²) in [6.45, 7) is 1.58. The highest BCUT2D eigenvalue weighted by Gasteiger charge is 2.21. The first-order valence-electron chi connectivity index (χ1n) is 5.18. The second kappa shape index (κ2) is 4.59. The van der Waals surface area contributed by atoms with Crippen molar-refractivity contribution < 1.29 is 9.84 Å². The zero-order valence-electron chi connectivity index (χ0n) is 8.89. The van der Waals surface area contributed by atoms with Gasteiger partial charge in [-0.15, -0.1) is 0 Å². The average molecular weight is 208 g/mol. The molecule has 1 N–H and O–H groups in total. The maximum absolute atomic E-state index is 9.00. The number of aliphatic hydroxyl groups excluding tert-OH is 1. The van der Waals surface area contributed by atoms with Gasteiger partial charge >= 0.3 is 0 Å². The predicted molar refractivity (Wildman–Crippen MR) is 57.8 cm³/mol. The number of likely N-dealkylation sites (N-methyl/N-ethyl adjacent to an activating group) is 1. The second-order valence-electron chi connectivity index (χ2n) is 3.77. The Bertz CT molecular complexity index is 324. The number of pyridine rings is 1. The number of anilines is 1. The molecular weight excluding hydrogens is 192 g/mol. The Hall–Kier alpha value is -1.13. The lowest BCUT2D eigenvalue weighted by atomic mass is 10.2. The Morgan fingerprint density at radius 2 is 2.47 bits per heavy atom. The van der Waals surface area contributed by atoms with Gasteiger partial charge in [-0.1, -0.05) is 6.07 Å². The molecule has 1 aromatic rings. The molecule has 1 unspecified atom stereocenters. The highest BCUT2D eigenvalue weighted by atomic mass is 16.5. The SMILES string of the molecule is CN(c1cccc(CO)n1)C1CCOC1. The van der Waals surface area contributed by atoms with Crippen LogP contribution in [0, 0.1) is 0 Å². The normalized spacial score (nSPS) is 20.5. The van der Waals surface area contributed by atoms with Crippen molar-refractivity contribution in [1.82, 2.24) is 4.98 Å². The molecule has 82 valence electrons. The van der Waals surface area contributed by atoms with E-state index in [1.165, 1.54) is 0 Å². The van der Waals surface area contributed by atoms with Crippen LogP contribution in [0.2, 0.25) is 0 Å². The van der Waals surface area contributed by atoms with Crippen molar-refractivity contribution in [3.05, 3.63) is 23.9 Å². The van der Waals surface area contributed by atoms with E-state index in [2.05, 4.69) is 9.88 Å².